The van der Waals surface area contributed by atoms with Gasteiger partial charge in [-0.3, -0.25) is 0 Å². The Balaban J connectivity index is 0. The van der Waals surface area contributed by atoms with Crippen molar-refractivity contribution in [2.45, 2.75) is 0 Å². The van der Waals surface area contributed by atoms with Crippen LogP contribution in [0.1, 0.15) is 0 Å². The Hall–Kier alpha value is -0.530. The molecule has 0 aliphatic rings. The number of nitrogens with two attached hydrogens (primary N) is 2. The molecule has 0 atom stereocenters. The molecule has 0 saturated carbocycles. The van der Waals surface area contributed by atoms with Crippen molar-refractivity contribution in [1.29, 1.82) is 0 Å². The molecule has 0 aromatic rings. The fourth-order valence-corrected chi connectivity index (χ4v) is 0.933. The van der Waals surface area contributed by atoms with Crippen molar-refractivity contribution in [3.63, 3.8) is 0 Å². The summed E-state index contributed by atoms with van der Waals surface area (Å²) < 4.78 is 0. The summed E-state index contributed by atoms with van der Waals surface area (Å²) in [5.41, 5.74) is 10.6. The molecule has 0 saturated heterocycles. The second kappa shape index (κ2) is 19.1. The molecule has 0 radical (unpaired) electrons. The lowest BCUT2D eigenvalue weighted by molar-refractivity contribution is -0.0979. The second-order valence-electron chi connectivity index (χ2n) is 2.83. The van der Waals surface area contributed by atoms with E-state index >= 15 is 0 Å². The maximum Gasteiger partial charge on any atom is 0.106 e. The molecule has 0 fully saturated rings. The van der Waals surface area contributed by atoms with Gasteiger partial charge in [-0.05, 0) is 0 Å². The van der Waals surface area contributed by atoms with Crippen LogP contribution in [0.3, 0.4) is 0 Å². The number of nitrogens with one attached hydrogen (secondary N) is 3. The van der Waals surface area contributed by atoms with Gasteiger partial charge in [-0.1, -0.05) is 0 Å². The van der Waals surface area contributed by atoms with Crippen molar-refractivity contribution in [1.82, 2.24) is 16.0 Å². The van der Waals surface area contributed by atoms with Crippen LogP contribution in [-0.2, 0) is 4.79 Å². The normalized spacial score (nSPS) is 9.47. The number of rotatable bonds is 10. The molecule has 7 N–H and O–H groups in total. The van der Waals surface area contributed by atoms with Crippen molar-refractivity contribution < 1.29 is 4.79 Å². The molecule has 0 bridgehead atoms. The van der Waals surface area contributed by atoms with Gasteiger partial charge in [0, 0.05) is 52.4 Å². The minimum atomic E-state index is 0.706. The summed E-state index contributed by atoms with van der Waals surface area (Å²) in [4.78, 5) is 8.00. The summed E-state index contributed by atoms with van der Waals surface area (Å²) in [5.74, 6) is 0. The van der Waals surface area contributed by atoms with Crippen LogP contribution in [0.4, 0.5) is 0 Å². The Bertz CT molecular complexity index is 94.5. The Morgan fingerprint density at radius 2 is 0.933 bits per heavy atom. The number of carbonyl (C=O) groups excluding carboxylic acids is 1. The highest BCUT2D eigenvalue weighted by atomic mass is 16.1. The minimum Gasteiger partial charge on any atom is -0.329 e. The van der Waals surface area contributed by atoms with E-state index in [0.29, 0.717) is 13.1 Å². The summed E-state index contributed by atoms with van der Waals surface area (Å²) in [5, 5.41) is 9.71. The summed E-state index contributed by atoms with van der Waals surface area (Å²) in [6, 6.07) is 0. The lowest BCUT2D eigenvalue weighted by Gasteiger charge is -2.06. The van der Waals surface area contributed by atoms with Crippen LogP contribution >= 0.6 is 0 Å². The van der Waals surface area contributed by atoms with Crippen LogP contribution in [0.25, 0.3) is 0 Å². The fraction of sp³-hybridized carbons (Fsp3) is 0.889. The van der Waals surface area contributed by atoms with E-state index < -0.39 is 0 Å². The topological polar surface area (TPSA) is 105 Å². The van der Waals surface area contributed by atoms with Gasteiger partial charge < -0.3 is 32.2 Å². The van der Waals surface area contributed by atoms with Gasteiger partial charge in [0.15, 0.2) is 0 Å². The van der Waals surface area contributed by atoms with Crippen molar-refractivity contribution in [3.05, 3.63) is 0 Å². The van der Waals surface area contributed by atoms with E-state index in [1.165, 1.54) is 0 Å². The molecule has 92 valence electrons. The third-order valence-electron chi connectivity index (χ3n) is 1.60. The van der Waals surface area contributed by atoms with Gasteiger partial charge in [-0.15, -0.1) is 0 Å². The SMILES string of the molecule is C=O.NCCNCCNCCNCCN. The zero-order valence-electron chi connectivity index (χ0n) is 9.43. The summed E-state index contributed by atoms with van der Waals surface area (Å²) in [6.45, 7) is 9.15. The van der Waals surface area contributed by atoms with E-state index in [1.807, 2.05) is 6.79 Å². The molecule has 0 aromatic carbocycles. The predicted molar refractivity (Wildman–Crippen MR) is 63.8 cm³/mol. The zero-order valence-corrected chi connectivity index (χ0v) is 9.43. The lowest BCUT2D eigenvalue weighted by atomic mass is 10.5. The average Bonchev–Trinajstić information content (AvgIpc) is 2.30. The summed E-state index contributed by atoms with van der Waals surface area (Å²) >= 11 is 0. The van der Waals surface area contributed by atoms with Crippen LogP contribution < -0.4 is 27.4 Å². The van der Waals surface area contributed by atoms with Crippen LogP contribution in [0, 0.1) is 0 Å². The molecule has 0 aliphatic heterocycles. The Kier molecular flexibility index (Phi) is 21.5. The molecule has 0 amide bonds. The minimum absolute atomic E-state index is 0.706. The van der Waals surface area contributed by atoms with Crippen molar-refractivity contribution >= 4 is 6.79 Å². The molecule has 15 heavy (non-hydrogen) atoms. The third kappa shape index (κ3) is 19.8. The van der Waals surface area contributed by atoms with E-state index in [4.69, 9.17) is 16.3 Å². The fourth-order valence-electron chi connectivity index (χ4n) is 0.933. The molecule has 0 aliphatic carbocycles. The molecular weight excluding hydrogens is 194 g/mol. The highest BCUT2D eigenvalue weighted by Crippen LogP contribution is 1.60. The maximum absolute atomic E-state index is 8.00. The maximum atomic E-state index is 8.00. The van der Waals surface area contributed by atoms with Crippen LogP contribution in [0.2, 0.25) is 0 Å². The Morgan fingerprint density at radius 1 is 0.667 bits per heavy atom. The average molecular weight is 219 g/mol. The molecule has 0 spiro atoms. The molecule has 6 heteroatoms. The molecule has 0 heterocycles. The summed E-state index contributed by atoms with van der Waals surface area (Å²) in [6.07, 6.45) is 0. The number of hydrogen-bond donors (Lipinski definition) is 5. The highest BCUT2D eigenvalue weighted by Gasteiger charge is 1.87. The molecule has 0 rings (SSSR count). The highest BCUT2D eigenvalue weighted by molar-refractivity contribution is 5.10. The largest absolute Gasteiger partial charge is 0.329 e. The first kappa shape index (κ1) is 16.9. The predicted octanol–water partition coefficient (Wildman–Crippen LogP) is -2.51. The van der Waals surface area contributed by atoms with E-state index in [-0.39, 0.29) is 0 Å². The monoisotopic (exact) mass is 219 g/mol. The first-order valence-electron chi connectivity index (χ1n) is 5.23. The van der Waals surface area contributed by atoms with Gasteiger partial charge in [0.1, 0.15) is 6.79 Å². The third-order valence-corrected chi connectivity index (χ3v) is 1.60. The van der Waals surface area contributed by atoms with Crippen LogP contribution in [0.5, 0.6) is 0 Å². The van der Waals surface area contributed by atoms with Crippen LogP contribution in [-0.4, -0.2) is 59.1 Å². The van der Waals surface area contributed by atoms with Gasteiger partial charge in [0.25, 0.3) is 0 Å². The Labute approximate surface area is 92.2 Å². The first-order chi connectivity index (χ1) is 7.41. The molecule has 0 aromatic heterocycles. The van der Waals surface area contributed by atoms with Gasteiger partial charge in [0.05, 0.1) is 0 Å². The van der Waals surface area contributed by atoms with E-state index in [0.717, 1.165) is 39.3 Å². The smallest absolute Gasteiger partial charge is 0.106 e. The van der Waals surface area contributed by atoms with Gasteiger partial charge in [-0.25, -0.2) is 0 Å². The van der Waals surface area contributed by atoms with Crippen molar-refractivity contribution in [2.24, 2.45) is 11.5 Å². The lowest BCUT2D eigenvalue weighted by Crippen LogP contribution is -2.35. The first-order valence-corrected chi connectivity index (χ1v) is 5.23. The van der Waals surface area contributed by atoms with E-state index in [9.17, 15) is 0 Å². The number of hydrogen-bond acceptors (Lipinski definition) is 6. The van der Waals surface area contributed by atoms with Gasteiger partial charge in [0.2, 0.25) is 0 Å². The standard InChI is InChI=1S/C8H23N5.CH2O/c9-1-3-11-5-7-13-8-6-12-4-2-10;1-2/h11-13H,1-10H2;1H2. The molecule has 0 unspecified atom stereocenters. The van der Waals surface area contributed by atoms with Crippen LogP contribution in [0.15, 0.2) is 0 Å². The second-order valence-corrected chi connectivity index (χ2v) is 2.83. The molecular formula is C9H25N5O. The number of carbonyl (C=O) groups is 1. The Morgan fingerprint density at radius 3 is 1.20 bits per heavy atom. The van der Waals surface area contributed by atoms with E-state index in [2.05, 4.69) is 16.0 Å². The zero-order chi connectivity index (χ0) is 11.8. The molecule has 6 nitrogen and oxygen atoms in total. The van der Waals surface area contributed by atoms with Gasteiger partial charge >= 0.3 is 0 Å². The quantitative estimate of drug-likeness (QED) is 0.260. The summed E-state index contributed by atoms with van der Waals surface area (Å²) in [7, 11) is 0. The van der Waals surface area contributed by atoms with Crippen molar-refractivity contribution in [3.8, 4) is 0 Å². The van der Waals surface area contributed by atoms with E-state index in [1.54, 1.807) is 0 Å². The van der Waals surface area contributed by atoms with Gasteiger partial charge in [-0.2, -0.15) is 0 Å². The van der Waals surface area contributed by atoms with Crippen molar-refractivity contribution in [2.75, 3.05) is 52.4 Å².